The van der Waals surface area contributed by atoms with Crippen molar-refractivity contribution in [2.75, 3.05) is 27.3 Å². The summed E-state index contributed by atoms with van der Waals surface area (Å²) in [4.78, 5) is 8.84. The van der Waals surface area contributed by atoms with E-state index in [0.717, 1.165) is 25.9 Å². The van der Waals surface area contributed by atoms with Crippen LogP contribution < -0.4 is 9.47 Å². The maximum absolute atomic E-state index is 10.0. The van der Waals surface area contributed by atoms with Gasteiger partial charge in [0.25, 0.3) is 0 Å². The maximum atomic E-state index is 10.0. The molecule has 0 atom stereocenters. The summed E-state index contributed by atoms with van der Waals surface area (Å²) in [5.41, 5.74) is 1.39. The Morgan fingerprint density at radius 1 is 0.606 bits per heavy atom. The Bertz CT molecular complexity index is 809. The van der Waals surface area contributed by atoms with Crippen LogP contribution in [0.3, 0.4) is 0 Å². The Balaban J connectivity index is 1.44. The molecule has 6 heteroatoms. The maximum Gasteiger partial charge on any atom is 0.166 e. The molecule has 0 fully saturated rings. The van der Waals surface area contributed by atoms with Gasteiger partial charge in [-0.05, 0) is 37.1 Å². The first-order valence-corrected chi connectivity index (χ1v) is 11.9. The molecule has 0 spiro atoms. The number of hydrogen-bond acceptors (Lipinski definition) is 6. The number of para-hydroxylation sites is 2. The van der Waals surface area contributed by atoms with Crippen LogP contribution in [0.2, 0.25) is 0 Å². The van der Waals surface area contributed by atoms with Gasteiger partial charge in [0.2, 0.25) is 0 Å². The standard InChI is InChI=1S/C27H38N2O4/c1-32-24-16-12-14-22(26(24)30)20-28-18-10-8-6-4-3-5-7-9-11-19-29-21-23-15-13-17-25(33-2)27(23)31/h12-17,20-21,30-31H,3-11,18-19H2,1-2H3. The molecule has 0 aliphatic heterocycles. The normalized spacial score (nSPS) is 11.5. The van der Waals surface area contributed by atoms with E-state index in [2.05, 4.69) is 9.98 Å². The third-order valence-electron chi connectivity index (χ3n) is 5.54. The van der Waals surface area contributed by atoms with Crippen molar-refractivity contribution in [2.24, 2.45) is 9.98 Å². The highest BCUT2D eigenvalue weighted by molar-refractivity contribution is 5.85. The molecule has 0 aliphatic rings. The number of phenolic OH excluding ortho intramolecular Hbond substituents is 2. The van der Waals surface area contributed by atoms with Crippen molar-refractivity contribution in [2.45, 2.75) is 57.8 Å². The molecule has 0 radical (unpaired) electrons. The minimum Gasteiger partial charge on any atom is -0.504 e. The summed E-state index contributed by atoms with van der Waals surface area (Å²) >= 11 is 0. The summed E-state index contributed by atoms with van der Waals surface area (Å²) < 4.78 is 10.2. The third-order valence-corrected chi connectivity index (χ3v) is 5.54. The zero-order chi connectivity index (χ0) is 23.7. The molecule has 0 bridgehead atoms. The Hall–Kier alpha value is -3.02. The molecule has 0 saturated heterocycles. The highest BCUT2D eigenvalue weighted by Gasteiger charge is 2.05. The van der Waals surface area contributed by atoms with Gasteiger partial charge in [-0.15, -0.1) is 0 Å². The summed E-state index contributed by atoms with van der Waals surface area (Å²) in [6.07, 6.45) is 14.3. The molecule has 2 aromatic rings. The molecule has 6 nitrogen and oxygen atoms in total. The fourth-order valence-electron chi connectivity index (χ4n) is 3.59. The van der Waals surface area contributed by atoms with Crippen molar-refractivity contribution < 1.29 is 19.7 Å². The van der Waals surface area contributed by atoms with Gasteiger partial charge in [0.15, 0.2) is 23.0 Å². The second kappa shape index (κ2) is 15.7. The van der Waals surface area contributed by atoms with Crippen LogP contribution in [0.1, 0.15) is 68.9 Å². The fraction of sp³-hybridized carbons (Fsp3) is 0.481. The summed E-state index contributed by atoms with van der Waals surface area (Å²) in [6, 6.07) is 10.8. The lowest BCUT2D eigenvalue weighted by Gasteiger charge is -2.05. The van der Waals surface area contributed by atoms with Gasteiger partial charge in [-0.3, -0.25) is 9.98 Å². The Morgan fingerprint density at radius 3 is 1.33 bits per heavy atom. The monoisotopic (exact) mass is 454 g/mol. The van der Waals surface area contributed by atoms with Gasteiger partial charge >= 0.3 is 0 Å². The second-order valence-corrected chi connectivity index (χ2v) is 8.05. The van der Waals surface area contributed by atoms with Gasteiger partial charge in [-0.1, -0.05) is 57.1 Å². The van der Waals surface area contributed by atoms with Crippen molar-refractivity contribution in [3.8, 4) is 23.0 Å². The lowest BCUT2D eigenvalue weighted by Crippen LogP contribution is -1.90. The molecule has 0 amide bonds. The van der Waals surface area contributed by atoms with Crippen LogP contribution in [0.25, 0.3) is 0 Å². The number of phenols is 2. The van der Waals surface area contributed by atoms with Crippen molar-refractivity contribution >= 4 is 12.4 Å². The zero-order valence-corrected chi connectivity index (χ0v) is 20.0. The number of aromatic hydroxyl groups is 2. The largest absolute Gasteiger partial charge is 0.504 e. The Labute approximate surface area is 198 Å². The number of rotatable bonds is 16. The first-order valence-electron chi connectivity index (χ1n) is 11.9. The SMILES string of the molecule is COc1cccc(C=NCCCCCCCCCCCN=Cc2cccc(OC)c2O)c1O. The Kier molecular flexibility index (Phi) is 12.5. The quantitative estimate of drug-likeness (QED) is 0.235. The molecule has 0 aliphatic carbocycles. The number of ether oxygens (including phenoxy) is 2. The molecule has 180 valence electrons. The number of hydrogen-bond donors (Lipinski definition) is 2. The van der Waals surface area contributed by atoms with E-state index in [4.69, 9.17) is 9.47 Å². The lowest BCUT2D eigenvalue weighted by atomic mass is 10.1. The molecule has 0 heterocycles. The van der Waals surface area contributed by atoms with Gasteiger partial charge < -0.3 is 19.7 Å². The van der Waals surface area contributed by atoms with Crippen LogP contribution in [0.4, 0.5) is 0 Å². The van der Waals surface area contributed by atoms with Crippen LogP contribution in [0.5, 0.6) is 23.0 Å². The number of aliphatic imine (C=N–C) groups is 2. The molecular formula is C27H38N2O4. The first-order chi connectivity index (χ1) is 16.2. The van der Waals surface area contributed by atoms with E-state index < -0.39 is 0 Å². The van der Waals surface area contributed by atoms with Crippen LogP contribution in [0.15, 0.2) is 46.4 Å². The summed E-state index contributed by atoms with van der Waals surface area (Å²) in [6.45, 7) is 1.56. The van der Waals surface area contributed by atoms with Gasteiger partial charge in [0, 0.05) is 36.6 Å². The molecular weight excluding hydrogens is 416 g/mol. The Morgan fingerprint density at radius 2 is 0.970 bits per heavy atom. The van der Waals surface area contributed by atoms with E-state index in [-0.39, 0.29) is 11.5 Å². The van der Waals surface area contributed by atoms with Crippen molar-refractivity contribution in [3.63, 3.8) is 0 Å². The molecule has 2 rings (SSSR count). The number of unbranched alkanes of at least 4 members (excludes halogenated alkanes) is 8. The van der Waals surface area contributed by atoms with Crippen LogP contribution in [0, 0.1) is 0 Å². The van der Waals surface area contributed by atoms with Crippen molar-refractivity contribution in [3.05, 3.63) is 47.5 Å². The van der Waals surface area contributed by atoms with Gasteiger partial charge in [0.1, 0.15) is 0 Å². The molecule has 33 heavy (non-hydrogen) atoms. The molecule has 0 unspecified atom stereocenters. The van der Waals surface area contributed by atoms with Crippen molar-refractivity contribution in [1.82, 2.24) is 0 Å². The predicted octanol–water partition coefficient (Wildman–Crippen LogP) is 6.16. The molecule has 0 saturated carbocycles. The molecule has 2 N–H and O–H groups in total. The second-order valence-electron chi connectivity index (χ2n) is 8.05. The van der Waals surface area contributed by atoms with Crippen LogP contribution >= 0.6 is 0 Å². The topological polar surface area (TPSA) is 83.6 Å². The molecule has 2 aromatic carbocycles. The highest BCUT2D eigenvalue weighted by Crippen LogP contribution is 2.28. The van der Waals surface area contributed by atoms with Crippen molar-refractivity contribution in [1.29, 1.82) is 0 Å². The average molecular weight is 455 g/mol. The molecule has 0 aromatic heterocycles. The van der Waals surface area contributed by atoms with Gasteiger partial charge in [-0.2, -0.15) is 0 Å². The number of nitrogens with zero attached hydrogens (tertiary/aromatic N) is 2. The number of methoxy groups -OCH3 is 2. The predicted molar refractivity (Wildman–Crippen MR) is 136 cm³/mol. The van der Waals surface area contributed by atoms with E-state index in [9.17, 15) is 10.2 Å². The summed E-state index contributed by atoms with van der Waals surface area (Å²) in [5, 5.41) is 20.1. The zero-order valence-electron chi connectivity index (χ0n) is 20.0. The smallest absolute Gasteiger partial charge is 0.166 e. The van der Waals surface area contributed by atoms with E-state index in [0.29, 0.717) is 22.6 Å². The van der Waals surface area contributed by atoms with Crippen LogP contribution in [-0.4, -0.2) is 50.0 Å². The fourth-order valence-corrected chi connectivity index (χ4v) is 3.59. The summed E-state index contributed by atoms with van der Waals surface area (Å²) in [7, 11) is 3.09. The van der Waals surface area contributed by atoms with Gasteiger partial charge in [0.05, 0.1) is 14.2 Å². The van der Waals surface area contributed by atoms with E-state index >= 15 is 0 Å². The van der Waals surface area contributed by atoms with Gasteiger partial charge in [-0.25, -0.2) is 0 Å². The average Bonchev–Trinajstić information content (AvgIpc) is 2.83. The lowest BCUT2D eigenvalue weighted by molar-refractivity contribution is 0.373. The van der Waals surface area contributed by atoms with E-state index in [1.807, 2.05) is 24.3 Å². The first kappa shape index (κ1) is 26.2. The van der Waals surface area contributed by atoms with Crippen LogP contribution in [-0.2, 0) is 0 Å². The minimum atomic E-state index is 0.145. The summed E-state index contributed by atoms with van der Waals surface area (Å²) in [5.74, 6) is 1.24. The van der Waals surface area contributed by atoms with E-state index in [1.54, 1.807) is 38.8 Å². The number of benzene rings is 2. The third kappa shape index (κ3) is 9.56. The highest BCUT2D eigenvalue weighted by atomic mass is 16.5. The minimum absolute atomic E-state index is 0.145. The van der Waals surface area contributed by atoms with E-state index in [1.165, 1.54) is 44.9 Å².